The lowest BCUT2D eigenvalue weighted by atomic mass is 10.1. The zero-order chi connectivity index (χ0) is 13.2. The van der Waals surface area contributed by atoms with Crippen molar-refractivity contribution in [3.05, 3.63) is 29.3 Å². The molecule has 0 aliphatic heterocycles. The van der Waals surface area contributed by atoms with Gasteiger partial charge < -0.3 is 9.84 Å². The number of benzene rings is 1. The molecule has 1 unspecified atom stereocenters. The first-order valence-corrected chi connectivity index (χ1v) is 4.52. The number of methoxy groups -OCH3 is 1. The molecule has 0 bridgehead atoms. The highest BCUT2D eigenvalue weighted by molar-refractivity contribution is 5.31. The highest BCUT2D eigenvalue weighted by Crippen LogP contribution is 2.27. The number of halogens is 5. The molecule has 1 N–H and O–H groups in total. The van der Waals surface area contributed by atoms with E-state index in [2.05, 4.69) is 4.74 Å². The molecule has 0 saturated heterocycles. The van der Waals surface area contributed by atoms with Crippen LogP contribution in [-0.4, -0.2) is 24.5 Å². The van der Waals surface area contributed by atoms with Gasteiger partial charge in [-0.05, 0) is 0 Å². The SMILES string of the molecule is COc1cc(F)c(CC(O)C(F)(F)F)c(F)c1. The Balaban J connectivity index is 3.00. The molecule has 0 fully saturated rings. The van der Waals surface area contributed by atoms with E-state index in [9.17, 15) is 22.0 Å². The molecule has 0 aliphatic carbocycles. The van der Waals surface area contributed by atoms with E-state index in [1.807, 2.05) is 0 Å². The van der Waals surface area contributed by atoms with E-state index >= 15 is 0 Å². The van der Waals surface area contributed by atoms with Gasteiger partial charge in [-0.1, -0.05) is 0 Å². The summed E-state index contributed by atoms with van der Waals surface area (Å²) in [5, 5.41) is 8.72. The summed E-state index contributed by atoms with van der Waals surface area (Å²) in [6.45, 7) is 0. The van der Waals surface area contributed by atoms with E-state index in [0.29, 0.717) is 0 Å². The average Bonchev–Trinajstić information content (AvgIpc) is 2.21. The molecule has 0 radical (unpaired) electrons. The van der Waals surface area contributed by atoms with Gasteiger partial charge in [0.05, 0.1) is 7.11 Å². The summed E-state index contributed by atoms with van der Waals surface area (Å²) in [4.78, 5) is 0. The van der Waals surface area contributed by atoms with Crippen molar-refractivity contribution in [1.29, 1.82) is 0 Å². The number of ether oxygens (including phenoxy) is 1. The Kier molecular flexibility index (Phi) is 3.92. The molecule has 1 aromatic rings. The van der Waals surface area contributed by atoms with E-state index in [1.165, 1.54) is 7.11 Å². The maximum absolute atomic E-state index is 13.2. The van der Waals surface area contributed by atoms with Gasteiger partial charge in [-0.3, -0.25) is 0 Å². The normalized spacial score (nSPS) is 13.6. The van der Waals surface area contributed by atoms with Crippen LogP contribution in [0.1, 0.15) is 5.56 Å². The Labute approximate surface area is 93.6 Å². The van der Waals surface area contributed by atoms with Gasteiger partial charge in [0.2, 0.25) is 0 Å². The van der Waals surface area contributed by atoms with Crippen molar-refractivity contribution in [2.75, 3.05) is 7.11 Å². The second-order valence-corrected chi connectivity index (χ2v) is 3.33. The minimum absolute atomic E-state index is 0.148. The molecule has 17 heavy (non-hydrogen) atoms. The second-order valence-electron chi connectivity index (χ2n) is 3.33. The van der Waals surface area contributed by atoms with Gasteiger partial charge in [-0.25, -0.2) is 8.78 Å². The van der Waals surface area contributed by atoms with Gasteiger partial charge in [0.1, 0.15) is 17.4 Å². The lowest BCUT2D eigenvalue weighted by Crippen LogP contribution is -2.31. The molecule has 1 atom stereocenters. The number of hydrogen-bond acceptors (Lipinski definition) is 2. The van der Waals surface area contributed by atoms with Gasteiger partial charge in [0.25, 0.3) is 0 Å². The first-order chi connectivity index (χ1) is 7.75. The number of aliphatic hydroxyl groups excluding tert-OH is 1. The summed E-state index contributed by atoms with van der Waals surface area (Å²) in [6, 6.07) is 1.50. The lowest BCUT2D eigenvalue weighted by molar-refractivity contribution is -0.203. The monoisotopic (exact) mass is 256 g/mol. The third kappa shape index (κ3) is 3.29. The van der Waals surface area contributed by atoms with Gasteiger partial charge in [0.15, 0.2) is 6.10 Å². The number of hydrogen-bond donors (Lipinski definition) is 1. The zero-order valence-corrected chi connectivity index (χ0v) is 8.68. The Morgan fingerprint density at radius 2 is 1.71 bits per heavy atom. The molecule has 0 aromatic heterocycles. The van der Waals surface area contributed by atoms with Gasteiger partial charge in [-0.15, -0.1) is 0 Å². The van der Waals surface area contributed by atoms with Crippen molar-refractivity contribution in [3.8, 4) is 5.75 Å². The summed E-state index contributed by atoms with van der Waals surface area (Å²) >= 11 is 0. The standard InChI is InChI=1S/C10H9F5O2/c1-17-5-2-7(11)6(8(12)3-5)4-9(16)10(13,14)15/h2-3,9,16H,4H2,1H3. The minimum Gasteiger partial charge on any atom is -0.497 e. The van der Waals surface area contributed by atoms with Crippen LogP contribution in [-0.2, 0) is 6.42 Å². The van der Waals surface area contributed by atoms with Crippen LogP contribution in [0.5, 0.6) is 5.75 Å². The van der Waals surface area contributed by atoms with Gasteiger partial charge in [0, 0.05) is 24.1 Å². The number of aliphatic hydroxyl groups is 1. The van der Waals surface area contributed by atoms with Crippen LogP contribution in [0.3, 0.4) is 0 Å². The quantitative estimate of drug-likeness (QED) is 0.842. The summed E-state index contributed by atoms with van der Waals surface area (Å²) in [5.74, 6) is -2.53. The summed E-state index contributed by atoms with van der Waals surface area (Å²) in [5.41, 5.74) is -0.823. The fourth-order valence-corrected chi connectivity index (χ4v) is 1.20. The van der Waals surface area contributed by atoms with Crippen molar-refractivity contribution >= 4 is 0 Å². The fraction of sp³-hybridized carbons (Fsp3) is 0.400. The van der Waals surface area contributed by atoms with Crippen LogP contribution in [0, 0.1) is 11.6 Å². The lowest BCUT2D eigenvalue weighted by Gasteiger charge is -2.15. The molecule has 1 aromatic carbocycles. The Hall–Kier alpha value is -1.37. The van der Waals surface area contributed by atoms with Crippen molar-refractivity contribution in [2.45, 2.75) is 18.7 Å². The summed E-state index contributed by atoms with van der Waals surface area (Å²) in [6.07, 6.45) is -8.90. The smallest absolute Gasteiger partial charge is 0.414 e. The van der Waals surface area contributed by atoms with E-state index in [4.69, 9.17) is 5.11 Å². The third-order valence-electron chi connectivity index (χ3n) is 2.13. The maximum atomic E-state index is 13.2. The van der Waals surface area contributed by atoms with Crippen molar-refractivity contribution in [2.24, 2.45) is 0 Å². The molecule has 0 spiro atoms. The Morgan fingerprint density at radius 3 is 2.06 bits per heavy atom. The van der Waals surface area contributed by atoms with Gasteiger partial charge >= 0.3 is 6.18 Å². The maximum Gasteiger partial charge on any atom is 0.414 e. The molecule has 0 heterocycles. The van der Waals surface area contributed by atoms with Crippen molar-refractivity contribution < 1.29 is 31.8 Å². The highest BCUT2D eigenvalue weighted by Gasteiger charge is 2.39. The largest absolute Gasteiger partial charge is 0.497 e. The third-order valence-corrected chi connectivity index (χ3v) is 2.13. The number of rotatable bonds is 3. The predicted molar refractivity (Wildman–Crippen MR) is 48.7 cm³/mol. The molecular formula is C10H9F5O2. The first-order valence-electron chi connectivity index (χ1n) is 4.52. The molecule has 0 amide bonds. The summed E-state index contributed by atoms with van der Waals surface area (Å²) in [7, 11) is 1.17. The predicted octanol–water partition coefficient (Wildman–Crippen LogP) is 2.44. The minimum atomic E-state index is -4.92. The molecule has 96 valence electrons. The van der Waals surface area contributed by atoms with Crippen LogP contribution >= 0.6 is 0 Å². The van der Waals surface area contributed by atoms with E-state index in [-0.39, 0.29) is 5.75 Å². The zero-order valence-electron chi connectivity index (χ0n) is 8.68. The van der Waals surface area contributed by atoms with Crippen LogP contribution < -0.4 is 4.74 Å². The molecule has 0 saturated carbocycles. The fourth-order valence-electron chi connectivity index (χ4n) is 1.20. The van der Waals surface area contributed by atoms with Crippen LogP contribution in [0.25, 0.3) is 0 Å². The number of alkyl halides is 3. The first kappa shape index (κ1) is 13.7. The Bertz CT molecular complexity index is 379. The highest BCUT2D eigenvalue weighted by atomic mass is 19.4. The molecule has 2 nitrogen and oxygen atoms in total. The van der Waals surface area contributed by atoms with E-state index in [0.717, 1.165) is 12.1 Å². The Morgan fingerprint density at radius 1 is 1.24 bits per heavy atom. The van der Waals surface area contributed by atoms with E-state index < -0.39 is 35.9 Å². The van der Waals surface area contributed by atoms with E-state index in [1.54, 1.807) is 0 Å². The van der Waals surface area contributed by atoms with Crippen molar-refractivity contribution in [1.82, 2.24) is 0 Å². The second kappa shape index (κ2) is 4.87. The molecule has 1 rings (SSSR count). The van der Waals surface area contributed by atoms with Crippen molar-refractivity contribution in [3.63, 3.8) is 0 Å². The van der Waals surface area contributed by atoms with Crippen LogP contribution in [0.2, 0.25) is 0 Å². The van der Waals surface area contributed by atoms with Crippen LogP contribution in [0.15, 0.2) is 12.1 Å². The van der Waals surface area contributed by atoms with Crippen LogP contribution in [0.4, 0.5) is 22.0 Å². The van der Waals surface area contributed by atoms with Gasteiger partial charge in [-0.2, -0.15) is 13.2 Å². The molecule has 0 aliphatic rings. The average molecular weight is 256 g/mol. The topological polar surface area (TPSA) is 29.5 Å². The summed E-state index contributed by atoms with van der Waals surface area (Å²) < 4.78 is 67.1. The molecule has 7 heteroatoms. The molecular weight excluding hydrogens is 247 g/mol.